The molecule has 22 heavy (non-hydrogen) atoms. The highest BCUT2D eigenvalue weighted by Gasteiger charge is 2.23. The third kappa shape index (κ3) is 6.48. The van der Waals surface area contributed by atoms with Gasteiger partial charge in [0, 0.05) is 18.0 Å². The number of aliphatic carboxylic acids is 1. The monoisotopic (exact) mass is 325 g/mol. The number of carbonyl (C=O) groups is 2. The van der Waals surface area contributed by atoms with Crippen LogP contribution in [0.5, 0.6) is 0 Å². The molecule has 2 N–H and O–H groups in total. The first kappa shape index (κ1) is 18.5. The molecule has 0 saturated carbocycles. The summed E-state index contributed by atoms with van der Waals surface area (Å²) in [5.74, 6) is -0.830. The van der Waals surface area contributed by atoms with Gasteiger partial charge in [-0.15, -0.1) is 0 Å². The van der Waals surface area contributed by atoms with Gasteiger partial charge in [-0.05, 0) is 36.5 Å². The zero-order valence-electron chi connectivity index (χ0n) is 13.1. The average molecular weight is 326 g/mol. The maximum atomic E-state index is 12.4. The second-order valence-corrected chi connectivity index (χ2v) is 6.21. The van der Waals surface area contributed by atoms with Crippen LogP contribution in [0, 0.1) is 5.92 Å². The predicted octanol–water partition coefficient (Wildman–Crippen LogP) is 3.84. The van der Waals surface area contributed by atoms with Crippen molar-refractivity contribution in [3.05, 3.63) is 34.9 Å². The van der Waals surface area contributed by atoms with Crippen molar-refractivity contribution in [1.82, 2.24) is 5.32 Å². The molecule has 0 aromatic heterocycles. The molecule has 1 unspecified atom stereocenters. The minimum atomic E-state index is -0.773. The lowest BCUT2D eigenvalue weighted by Crippen LogP contribution is -2.32. The van der Waals surface area contributed by atoms with Crippen LogP contribution >= 0.6 is 11.6 Å². The Morgan fingerprint density at radius 3 is 2.55 bits per heavy atom. The number of hydrogen-bond acceptors (Lipinski definition) is 2. The molecule has 0 spiro atoms. The largest absolute Gasteiger partial charge is 0.481 e. The molecule has 1 atom stereocenters. The molecule has 0 radical (unpaired) electrons. The van der Waals surface area contributed by atoms with Crippen LogP contribution in [0.3, 0.4) is 0 Å². The molecule has 0 fully saturated rings. The Labute approximate surface area is 136 Å². The van der Waals surface area contributed by atoms with Crippen molar-refractivity contribution in [2.45, 2.75) is 45.4 Å². The lowest BCUT2D eigenvalue weighted by Gasteiger charge is -2.21. The molecule has 0 heterocycles. The number of unbranched alkanes of at least 4 members (excludes halogenated alkanes) is 2. The second kappa shape index (κ2) is 9.46. The number of benzene rings is 1. The molecule has 0 aliphatic carbocycles. The normalized spacial score (nSPS) is 12.2. The Morgan fingerprint density at radius 1 is 1.23 bits per heavy atom. The zero-order valence-corrected chi connectivity index (χ0v) is 13.9. The van der Waals surface area contributed by atoms with Crippen LogP contribution in [0.25, 0.3) is 0 Å². The molecule has 0 aliphatic rings. The lowest BCUT2D eigenvalue weighted by molar-refractivity contribution is -0.137. The van der Waals surface area contributed by atoms with E-state index in [0.717, 1.165) is 18.4 Å². The fourth-order valence-corrected chi connectivity index (χ4v) is 2.64. The van der Waals surface area contributed by atoms with Crippen molar-refractivity contribution in [3.8, 4) is 0 Å². The Balaban J connectivity index is 2.48. The van der Waals surface area contributed by atoms with Gasteiger partial charge in [-0.1, -0.05) is 44.0 Å². The minimum Gasteiger partial charge on any atom is -0.481 e. The number of carboxylic acids is 1. The van der Waals surface area contributed by atoms with Crippen LogP contribution in [0.2, 0.25) is 5.02 Å². The lowest BCUT2D eigenvalue weighted by atomic mass is 9.87. The van der Waals surface area contributed by atoms with E-state index in [4.69, 9.17) is 16.7 Å². The fraction of sp³-hybridized carbons (Fsp3) is 0.529. The number of carbonyl (C=O) groups excluding carboxylic acids is 1. The molecule has 0 bridgehead atoms. The summed E-state index contributed by atoms with van der Waals surface area (Å²) in [6, 6.07) is 7.40. The van der Waals surface area contributed by atoms with Crippen molar-refractivity contribution in [2.75, 3.05) is 6.54 Å². The molecule has 0 aliphatic heterocycles. The van der Waals surface area contributed by atoms with Crippen molar-refractivity contribution in [2.24, 2.45) is 5.92 Å². The smallest absolute Gasteiger partial charge is 0.303 e. The summed E-state index contributed by atoms with van der Waals surface area (Å²) in [5.41, 5.74) is 0.922. The van der Waals surface area contributed by atoms with Crippen molar-refractivity contribution < 1.29 is 14.7 Å². The average Bonchev–Trinajstić information content (AvgIpc) is 2.42. The van der Waals surface area contributed by atoms with Gasteiger partial charge in [0.1, 0.15) is 0 Å². The van der Waals surface area contributed by atoms with E-state index < -0.39 is 5.97 Å². The molecule has 1 rings (SSSR count). The standard InChI is InChI=1S/C17H24ClNO3/c1-12(2)16(13-7-6-8-14(18)11-13)17(22)19-10-5-3-4-9-15(20)21/h6-8,11-12,16H,3-5,9-10H2,1-2H3,(H,19,22)(H,20,21). The Hall–Kier alpha value is -1.55. The van der Waals surface area contributed by atoms with Crippen LogP contribution in [0.15, 0.2) is 24.3 Å². The van der Waals surface area contributed by atoms with Gasteiger partial charge in [0.25, 0.3) is 0 Å². The van der Waals surface area contributed by atoms with Crippen LogP contribution in [-0.4, -0.2) is 23.5 Å². The summed E-state index contributed by atoms with van der Waals surface area (Å²) < 4.78 is 0. The predicted molar refractivity (Wildman–Crippen MR) is 88.1 cm³/mol. The van der Waals surface area contributed by atoms with Crippen molar-refractivity contribution in [1.29, 1.82) is 0 Å². The third-order valence-electron chi connectivity index (χ3n) is 3.52. The van der Waals surface area contributed by atoms with Crippen LogP contribution in [-0.2, 0) is 9.59 Å². The van der Waals surface area contributed by atoms with Gasteiger partial charge in [0.2, 0.25) is 5.91 Å². The molecule has 1 aromatic rings. The number of amides is 1. The molecule has 1 amide bonds. The Kier molecular flexibility index (Phi) is 7.96. The second-order valence-electron chi connectivity index (χ2n) is 5.77. The maximum absolute atomic E-state index is 12.4. The van der Waals surface area contributed by atoms with E-state index in [0.29, 0.717) is 18.0 Å². The summed E-state index contributed by atoms with van der Waals surface area (Å²) in [6.45, 7) is 4.60. The third-order valence-corrected chi connectivity index (χ3v) is 3.76. The van der Waals surface area contributed by atoms with Gasteiger partial charge < -0.3 is 10.4 Å². The van der Waals surface area contributed by atoms with Crippen LogP contribution in [0.1, 0.15) is 51.0 Å². The molecule has 5 heteroatoms. The Bertz CT molecular complexity index is 502. The summed E-state index contributed by atoms with van der Waals surface area (Å²) in [7, 11) is 0. The van der Waals surface area contributed by atoms with Crippen LogP contribution in [0.4, 0.5) is 0 Å². The minimum absolute atomic E-state index is 0.00417. The zero-order chi connectivity index (χ0) is 16.5. The quantitative estimate of drug-likeness (QED) is 0.678. The van der Waals surface area contributed by atoms with E-state index in [2.05, 4.69) is 5.32 Å². The highest BCUT2D eigenvalue weighted by Crippen LogP contribution is 2.26. The summed E-state index contributed by atoms with van der Waals surface area (Å²) >= 11 is 6.01. The summed E-state index contributed by atoms with van der Waals surface area (Å²) in [4.78, 5) is 22.8. The van der Waals surface area contributed by atoms with E-state index in [1.54, 1.807) is 6.07 Å². The number of rotatable bonds is 9. The van der Waals surface area contributed by atoms with E-state index in [1.807, 2.05) is 32.0 Å². The molecular formula is C17H24ClNO3. The molecule has 122 valence electrons. The van der Waals surface area contributed by atoms with Gasteiger partial charge in [0.15, 0.2) is 0 Å². The first-order chi connectivity index (χ1) is 10.4. The highest BCUT2D eigenvalue weighted by atomic mass is 35.5. The Morgan fingerprint density at radius 2 is 1.95 bits per heavy atom. The molecule has 1 aromatic carbocycles. The highest BCUT2D eigenvalue weighted by molar-refractivity contribution is 6.30. The van der Waals surface area contributed by atoms with Gasteiger partial charge in [-0.25, -0.2) is 0 Å². The van der Waals surface area contributed by atoms with Crippen molar-refractivity contribution in [3.63, 3.8) is 0 Å². The number of carboxylic acid groups (broad SMARTS) is 1. The molecule has 0 saturated heterocycles. The maximum Gasteiger partial charge on any atom is 0.303 e. The van der Waals surface area contributed by atoms with E-state index >= 15 is 0 Å². The fourth-order valence-electron chi connectivity index (χ4n) is 2.44. The number of hydrogen-bond donors (Lipinski definition) is 2. The summed E-state index contributed by atoms with van der Waals surface area (Å²) in [5, 5.41) is 12.1. The number of nitrogens with one attached hydrogen (secondary N) is 1. The van der Waals surface area contributed by atoms with E-state index in [9.17, 15) is 9.59 Å². The first-order valence-electron chi connectivity index (χ1n) is 7.66. The first-order valence-corrected chi connectivity index (χ1v) is 8.04. The van der Waals surface area contributed by atoms with E-state index in [-0.39, 0.29) is 24.2 Å². The molecular weight excluding hydrogens is 302 g/mol. The van der Waals surface area contributed by atoms with Gasteiger partial charge in [-0.3, -0.25) is 9.59 Å². The molecule has 4 nitrogen and oxygen atoms in total. The van der Waals surface area contributed by atoms with E-state index in [1.165, 1.54) is 0 Å². The van der Waals surface area contributed by atoms with Gasteiger partial charge in [-0.2, -0.15) is 0 Å². The number of halogens is 1. The van der Waals surface area contributed by atoms with Gasteiger partial charge in [0.05, 0.1) is 5.92 Å². The summed E-state index contributed by atoms with van der Waals surface area (Å²) in [6.07, 6.45) is 2.42. The SMILES string of the molecule is CC(C)C(C(=O)NCCCCCC(=O)O)c1cccc(Cl)c1. The van der Waals surface area contributed by atoms with Crippen LogP contribution < -0.4 is 5.32 Å². The van der Waals surface area contributed by atoms with Crippen molar-refractivity contribution >= 4 is 23.5 Å². The topological polar surface area (TPSA) is 66.4 Å². The van der Waals surface area contributed by atoms with Gasteiger partial charge >= 0.3 is 5.97 Å².